The number of amides is 1. The fourth-order valence-corrected chi connectivity index (χ4v) is 5.23. The quantitative estimate of drug-likeness (QED) is 0.288. The van der Waals surface area contributed by atoms with Crippen molar-refractivity contribution in [3.63, 3.8) is 0 Å². The Hall–Kier alpha value is -3.38. The van der Waals surface area contributed by atoms with Gasteiger partial charge in [0.25, 0.3) is 5.91 Å². The Morgan fingerprint density at radius 1 is 0.905 bits per heavy atom. The van der Waals surface area contributed by atoms with Gasteiger partial charge in [-0.1, -0.05) is 57.2 Å². The molecule has 0 bridgehead atoms. The van der Waals surface area contributed by atoms with Gasteiger partial charge in [-0.3, -0.25) is 9.69 Å². The van der Waals surface area contributed by atoms with E-state index in [1.165, 1.54) is 28.5 Å². The van der Waals surface area contributed by atoms with Crippen molar-refractivity contribution in [3.8, 4) is 10.4 Å². The van der Waals surface area contributed by atoms with Gasteiger partial charge < -0.3 is 10.4 Å². The summed E-state index contributed by atoms with van der Waals surface area (Å²) in [6.45, 7) is 9.35. The predicted molar refractivity (Wildman–Crippen MR) is 149 cm³/mol. The number of carbonyl (C=O) groups is 2. The first-order valence-corrected chi connectivity index (χ1v) is 14.0. The van der Waals surface area contributed by atoms with Crippen LogP contribution < -0.4 is 5.32 Å². The molecule has 0 radical (unpaired) electrons. The number of nitrogens with one attached hydrogen (secondary N) is 1. The first kappa shape index (κ1) is 33.1. The molecule has 2 aromatic carbocycles. The van der Waals surface area contributed by atoms with Crippen LogP contribution in [0, 0.1) is 0 Å². The predicted octanol–water partition coefficient (Wildman–Crippen LogP) is 7.76. The van der Waals surface area contributed by atoms with Crippen molar-refractivity contribution < 1.29 is 41.0 Å². The summed E-state index contributed by atoms with van der Waals surface area (Å²) in [6.07, 6.45) is -7.73. The van der Waals surface area contributed by atoms with Crippen LogP contribution in [0.4, 0.5) is 26.3 Å². The van der Waals surface area contributed by atoms with E-state index in [1.54, 1.807) is 18.2 Å². The van der Waals surface area contributed by atoms with Gasteiger partial charge in [0.15, 0.2) is 0 Å². The molecule has 1 aromatic heterocycles. The summed E-state index contributed by atoms with van der Waals surface area (Å²) in [5.41, 5.74) is 2.54. The summed E-state index contributed by atoms with van der Waals surface area (Å²) in [6, 6.07) is 17.5. The molecule has 2 heterocycles. The molecule has 0 aliphatic carbocycles. The normalized spacial score (nSPS) is 15.1. The molecule has 1 aliphatic heterocycles. The molecule has 0 atom stereocenters. The van der Waals surface area contributed by atoms with Gasteiger partial charge in [-0.15, -0.1) is 11.3 Å². The Kier molecular flexibility index (Phi) is 10.5. The number of benzene rings is 2. The van der Waals surface area contributed by atoms with Crippen LogP contribution in [0.5, 0.6) is 0 Å². The maximum Gasteiger partial charge on any atom is 0.490 e. The van der Waals surface area contributed by atoms with Gasteiger partial charge in [0.1, 0.15) is 0 Å². The van der Waals surface area contributed by atoms with E-state index in [2.05, 4.69) is 55.3 Å². The van der Waals surface area contributed by atoms with Crippen LogP contribution in [0.25, 0.3) is 10.4 Å². The lowest BCUT2D eigenvalue weighted by Crippen LogP contribution is -2.44. The maximum absolute atomic E-state index is 13.0. The number of likely N-dealkylation sites (tertiary alicyclic amines) is 1. The van der Waals surface area contributed by atoms with Gasteiger partial charge in [0.2, 0.25) is 0 Å². The van der Waals surface area contributed by atoms with Crippen LogP contribution >= 0.6 is 11.3 Å². The number of rotatable bonds is 5. The lowest BCUT2D eigenvalue weighted by atomic mass is 9.86. The van der Waals surface area contributed by atoms with Crippen LogP contribution in [0.1, 0.15) is 60.0 Å². The van der Waals surface area contributed by atoms with Gasteiger partial charge >= 0.3 is 18.3 Å². The molecule has 12 heteroatoms. The van der Waals surface area contributed by atoms with Crippen molar-refractivity contribution >= 4 is 23.2 Å². The summed E-state index contributed by atoms with van der Waals surface area (Å²) in [5.74, 6) is -2.92. The summed E-state index contributed by atoms with van der Waals surface area (Å²) in [4.78, 5) is 25.2. The Bertz CT molecular complexity index is 1350. The number of hydrogen-bond acceptors (Lipinski definition) is 4. The standard InChI is InChI=1S/C28H31F3N2OS.C2HF3O2/c1-27(2,3)21-9-7-19(8-10-21)18-33-15-13-23(14-16-33)32-26(34)25-12-11-24(35-25)20-5-4-6-22(17-20)28(29,30)31;3-2(4,5)1(6)7/h4-12,17,23H,13-16,18H2,1-3H3,(H,32,34);(H,6,7). The van der Waals surface area contributed by atoms with Crippen LogP contribution in [0.15, 0.2) is 60.7 Å². The molecular weight excluding hydrogens is 582 g/mol. The van der Waals surface area contributed by atoms with Crippen molar-refractivity contribution in [2.75, 3.05) is 13.1 Å². The molecule has 1 saturated heterocycles. The Labute approximate surface area is 244 Å². The molecule has 3 aromatic rings. The maximum atomic E-state index is 13.0. The number of carbonyl (C=O) groups excluding carboxylic acids is 1. The number of halogens is 6. The minimum atomic E-state index is -5.08. The summed E-state index contributed by atoms with van der Waals surface area (Å²) in [7, 11) is 0. The van der Waals surface area contributed by atoms with E-state index in [0.717, 1.165) is 44.6 Å². The van der Waals surface area contributed by atoms with Gasteiger partial charge in [-0.05, 0) is 59.2 Å². The number of thiophene rings is 1. The van der Waals surface area contributed by atoms with E-state index in [-0.39, 0.29) is 17.4 Å². The van der Waals surface area contributed by atoms with Crippen molar-refractivity contribution in [1.82, 2.24) is 10.2 Å². The Morgan fingerprint density at radius 3 is 2.02 bits per heavy atom. The van der Waals surface area contributed by atoms with Crippen LogP contribution in [-0.2, 0) is 22.9 Å². The van der Waals surface area contributed by atoms with E-state index >= 15 is 0 Å². The molecule has 1 fully saturated rings. The largest absolute Gasteiger partial charge is 0.490 e. The lowest BCUT2D eigenvalue weighted by molar-refractivity contribution is -0.192. The van der Waals surface area contributed by atoms with Crippen LogP contribution in [-0.4, -0.2) is 47.2 Å². The topological polar surface area (TPSA) is 69.6 Å². The lowest BCUT2D eigenvalue weighted by Gasteiger charge is -2.32. The van der Waals surface area contributed by atoms with Crippen molar-refractivity contribution in [2.45, 2.75) is 64.0 Å². The number of nitrogens with zero attached hydrogens (tertiary/aromatic N) is 1. The first-order chi connectivity index (χ1) is 19.4. The number of carboxylic acids is 1. The second-order valence-electron chi connectivity index (χ2n) is 11.0. The second-order valence-corrected chi connectivity index (χ2v) is 12.1. The third-order valence-electron chi connectivity index (χ3n) is 6.70. The zero-order valence-electron chi connectivity index (χ0n) is 23.3. The number of carboxylic acid groups (broad SMARTS) is 1. The smallest absolute Gasteiger partial charge is 0.475 e. The summed E-state index contributed by atoms with van der Waals surface area (Å²) in [5, 5.41) is 10.2. The molecule has 2 N–H and O–H groups in total. The molecule has 0 unspecified atom stereocenters. The number of hydrogen-bond donors (Lipinski definition) is 2. The third-order valence-corrected chi connectivity index (χ3v) is 7.83. The highest BCUT2D eigenvalue weighted by Gasteiger charge is 2.38. The van der Waals surface area contributed by atoms with E-state index in [4.69, 9.17) is 9.90 Å². The number of aliphatic carboxylic acids is 1. The fraction of sp³-hybridized carbons (Fsp3) is 0.400. The molecule has 0 spiro atoms. The van der Waals surface area contributed by atoms with Crippen LogP contribution in [0.2, 0.25) is 0 Å². The highest BCUT2D eigenvalue weighted by atomic mass is 32.1. The molecule has 228 valence electrons. The van der Waals surface area contributed by atoms with Gasteiger partial charge in [0, 0.05) is 30.6 Å². The molecular formula is C30H32F6N2O3S. The highest BCUT2D eigenvalue weighted by molar-refractivity contribution is 7.17. The average molecular weight is 615 g/mol. The van der Waals surface area contributed by atoms with E-state index < -0.39 is 23.9 Å². The SMILES string of the molecule is CC(C)(C)c1ccc(CN2CCC(NC(=O)c3ccc(-c4cccc(C(F)(F)F)c4)s3)CC2)cc1.O=C(O)C(F)(F)F. The highest BCUT2D eigenvalue weighted by Crippen LogP contribution is 2.34. The van der Waals surface area contributed by atoms with Gasteiger partial charge in [-0.2, -0.15) is 26.3 Å². The van der Waals surface area contributed by atoms with Crippen LogP contribution in [0.3, 0.4) is 0 Å². The Balaban J connectivity index is 0.000000616. The van der Waals surface area contributed by atoms with E-state index in [9.17, 15) is 31.1 Å². The summed E-state index contributed by atoms with van der Waals surface area (Å²) < 4.78 is 70.8. The summed E-state index contributed by atoms with van der Waals surface area (Å²) >= 11 is 1.22. The average Bonchev–Trinajstić information content (AvgIpc) is 3.40. The molecule has 0 saturated carbocycles. The second kappa shape index (κ2) is 13.3. The van der Waals surface area contributed by atoms with Crippen molar-refractivity contribution in [3.05, 3.63) is 82.2 Å². The van der Waals surface area contributed by atoms with Crippen molar-refractivity contribution in [2.24, 2.45) is 0 Å². The number of piperidine rings is 1. The number of alkyl halides is 6. The molecule has 4 rings (SSSR count). The zero-order chi connectivity index (χ0) is 31.3. The van der Waals surface area contributed by atoms with Gasteiger partial charge in [0.05, 0.1) is 10.4 Å². The van der Waals surface area contributed by atoms with Crippen molar-refractivity contribution in [1.29, 1.82) is 0 Å². The zero-order valence-corrected chi connectivity index (χ0v) is 24.1. The molecule has 1 amide bonds. The minimum Gasteiger partial charge on any atom is -0.475 e. The molecule has 5 nitrogen and oxygen atoms in total. The fourth-order valence-electron chi connectivity index (χ4n) is 4.32. The molecule has 1 aliphatic rings. The van der Waals surface area contributed by atoms with E-state index in [0.29, 0.717) is 15.3 Å². The van der Waals surface area contributed by atoms with Gasteiger partial charge in [-0.25, -0.2) is 4.79 Å². The minimum absolute atomic E-state index is 0.0983. The first-order valence-electron chi connectivity index (χ1n) is 13.1. The molecule has 42 heavy (non-hydrogen) atoms. The Morgan fingerprint density at radius 2 is 1.50 bits per heavy atom. The van der Waals surface area contributed by atoms with E-state index in [1.807, 2.05) is 0 Å². The monoisotopic (exact) mass is 614 g/mol. The third kappa shape index (κ3) is 9.59.